The summed E-state index contributed by atoms with van der Waals surface area (Å²) in [7, 11) is 0. The Morgan fingerprint density at radius 1 is 1.33 bits per heavy atom. The van der Waals surface area contributed by atoms with E-state index < -0.39 is 0 Å². The van der Waals surface area contributed by atoms with Crippen molar-refractivity contribution in [2.45, 2.75) is 26.9 Å². The van der Waals surface area contributed by atoms with Crippen LogP contribution in [0.2, 0.25) is 0 Å². The lowest BCUT2D eigenvalue weighted by molar-refractivity contribution is 0.102. The van der Waals surface area contributed by atoms with Crippen LogP contribution in [0.1, 0.15) is 33.5 Å². The molecule has 0 aliphatic carbocycles. The third-order valence-corrected chi connectivity index (χ3v) is 5.34. The van der Waals surface area contributed by atoms with Crippen LogP contribution >= 0.6 is 11.3 Å². The van der Waals surface area contributed by atoms with Crippen molar-refractivity contribution in [3.63, 3.8) is 0 Å². The van der Waals surface area contributed by atoms with Crippen LogP contribution in [0.3, 0.4) is 0 Å². The van der Waals surface area contributed by atoms with Crippen LogP contribution in [0.5, 0.6) is 5.75 Å². The predicted molar refractivity (Wildman–Crippen MR) is 101 cm³/mol. The molecule has 140 valence electrons. The summed E-state index contributed by atoms with van der Waals surface area (Å²) in [4.78, 5) is 18.2. The number of thiophene rings is 1. The molecular weight excluding hydrogens is 366 g/mol. The first kappa shape index (κ1) is 17.7. The van der Waals surface area contributed by atoms with E-state index in [1.807, 2.05) is 6.92 Å². The molecule has 7 nitrogen and oxygen atoms in total. The lowest BCUT2D eigenvalue weighted by atomic mass is 10.1. The molecule has 2 aromatic heterocycles. The van der Waals surface area contributed by atoms with Gasteiger partial charge in [0.2, 0.25) is 0 Å². The van der Waals surface area contributed by atoms with Gasteiger partial charge in [-0.2, -0.15) is 4.98 Å². The third-order valence-electron chi connectivity index (χ3n) is 4.22. The van der Waals surface area contributed by atoms with E-state index in [1.165, 1.54) is 11.3 Å². The second kappa shape index (κ2) is 7.50. The number of amides is 1. The SMILES string of the molecule is CCOc1ccc(C(=O)Nc2sc3c(c2-c2nc(C)no2)CCOC3)cc1. The molecule has 1 amide bonds. The molecule has 27 heavy (non-hydrogen) atoms. The van der Waals surface area contributed by atoms with Crippen molar-refractivity contribution in [3.05, 3.63) is 46.1 Å². The number of fused-ring (bicyclic) bond motifs is 1. The average Bonchev–Trinajstić information content (AvgIpc) is 3.25. The normalized spacial score (nSPS) is 13.3. The summed E-state index contributed by atoms with van der Waals surface area (Å²) in [6.07, 6.45) is 0.752. The number of ether oxygens (including phenoxy) is 2. The molecule has 3 aromatic rings. The molecule has 0 saturated carbocycles. The highest BCUT2D eigenvalue weighted by molar-refractivity contribution is 7.17. The van der Waals surface area contributed by atoms with Crippen molar-refractivity contribution in [1.82, 2.24) is 10.1 Å². The van der Waals surface area contributed by atoms with Crippen molar-refractivity contribution in [2.24, 2.45) is 0 Å². The highest BCUT2D eigenvalue weighted by Gasteiger charge is 2.26. The summed E-state index contributed by atoms with van der Waals surface area (Å²) < 4.78 is 16.4. The molecule has 0 fully saturated rings. The van der Waals surface area contributed by atoms with Crippen molar-refractivity contribution in [1.29, 1.82) is 0 Å². The minimum absolute atomic E-state index is 0.199. The van der Waals surface area contributed by atoms with Gasteiger partial charge in [-0.25, -0.2) is 0 Å². The summed E-state index contributed by atoms with van der Waals surface area (Å²) >= 11 is 1.49. The number of nitrogens with zero attached hydrogens (tertiary/aromatic N) is 2. The van der Waals surface area contributed by atoms with Crippen LogP contribution in [0.15, 0.2) is 28.8 Å². The van der Waals surface area contributed by atoms with Crippen LogP contribution in [0, 0.1) is 6.92 Å². The maximum atomic E-state index is 12.7. The molecule has 0 atom stereocenters. The van der Waals surface area contributed by atoms with Gasteiger partial charge in [0.05, 0.1) is 25.4 Å². The Balaban J connectivity index is 1.65. The minimum Gasteiger partial charge on any atom is -0.494 e. The molecule has 1 aromatic carbocycles. The van der Waals surface area contributed by atoms with E-state index in [2.05, 4.69) is 15.5 Å². The van der Waals surface area contributed by atoms with Crippen LogP contribution in [-0.2, 0) is 17.8 Å². The van der Waals surface area contributed by atoms with Gasteiger partial charge < -0.3 is 19.3 Å². The standard InChI is InChI=1S/C19H19N3O4S/c1-3-25-13-6-4-12(5-7-13)17(23)21-19-16(18-20-11(2)22-26-18)14-8-9-24-10-15(14)27-19/h4-7H,3,8-10H2,1-2H3,(H,21,23). The Morgan fingerprint density at radius 2 is 2.15 bits per heavy atom. The number of nitrogens with one attached hydrogen (secondary N) is 1. The van der Waals surface area contributed by atoms with Crippen LogP contribution < -0.4 is 10.1 Å². The van der Waals surface area contributed by atoms with E-state index in [4.69, 9.17) is 14.0 Å². The quantitative estimate of drug-likeness (QED) is 0.718. The van der Waals surface area contributed by atoms with Gasteiger partial charge in [-0.3, -0.25) is 4.79 Å². The van der Waals surface area contributed by atoms with E-state index in [1.54, 1.807) is 31.2 Å². The molecule has 4 rings (SSSR count). The lowest BCUT2D eigenvalue weighted by Crippen LogP contribution is -2.12. The Bertz CT molecular complexity index is 962. The molecule has 0 unspecified atom stereocenters. The van der Waals surface area contributed by atoms with Gasteiger partial charge in [-0.1, -0.05) is 5.16 Å². The summed E-state index contributed by atoms with van der Waals surface area (Å²) in [6.45, 7) is 5.44. The first-order chi connectivity index (χ1) is 13.2. The summed E-state index contributed by atoms with van der Waals surface area (Å²) in [5.41, 5.74) is 2.46. The zero-order valence-corrected chi connectivity index (χ0v) is 15.9. The van der Waals surface area contributed by atoms with E-state index in [0.717, 1.165) is 28.2 Å². The maximum Gasteiger partial charge on any atom is 0.261 e. The van der Waals surface area contributed by atoms with Crippen LogP contribution in [0.4, 0.5) is 5.00 Å². The van der Waals surface area contributed by atoms with Gasteiger partial charge >= 0.3 is 0 Å². The lowest BCUT2D eigenvalue weighted by Gasteiger charge is -2.12. The molecule has 0 saturated heterocycles. The number of hydrogen-bond donors (Lipinski definition) is 1. The number of rotatable bonds is 5. The fraction of sp³-hybridized carbons (Fsp3) is 0.316. The third kappa shape index (κ3) is 3.58. The van der Waals surface area contributed by atoms with Crippen molar-refractivity contribution in [2.75, 3.05) is 18.5 Å². The van der Waals surface area contributed by atoms with E-state index in [-0.39, 0.29) is 5.91 Å². The largest absolute Gasteiger partial charge is 0.494 e. The minimum atomic E-state index is -0.199. The molecule has 1 N–H and O–H groups in total. The van der Waals surface area contributed by atoms with Gasteiger partial charge in [0, 0.05) is 10.4 Å². The molecule has 1 aliphatic rings. The van der Waals surface area contributed by atoms with Crippen molar-refractivity contribution >= 4 is 22.2 Å². The second-order valence-electron chi connectivity index (χ2n) is 6.07. The number of carbonyl (C=O) groups excluding carboxylic acids is 1. The van der Waals surface area contributed by atoms with E-state index >= 15 is 0 Å². The van der Waals surface area contributed by atoms with Gasteiger partial charge in [-0.05, 0) is 50.1 Å². The molecule has 1 aliphatic heterocycles. The second-order valence-corrected chi connectivity index (χ2v) is 7.17. The van der Waals surface area contributed by atoms with E-state index in [0.29, 0.717) is 42.1 Å². The van der Waals surface area contributed by atoms with Crippen molar-refractivity contribution < 1.29 is 18.8 Å². The first-order valence-electron chi connectivity index (χ1n) is 8.73. The molecule has 0 spiro atoms. The Morgan fingerprint density at radius 3 is 2.85 bits per heavy atom. The highest BCUT2D eigenvalue weighted by atomic mass is 32.1. The maximum absolute atomic E-state index is 12.7. The molecule has 3 heterocycles. The molecule has 0 radical (unpaired) electrons. The van der Waals surface area contributed by atoms with Gasteiger partial charge in [-0.15, -0.1) is 11.3 Å². The smallest absolute Gasteiger partial charge is 0.261 e. The fourth-order valence-corrected chi connectivity index (χ4v) is 4.16. The number of anilines is 1. The summed E-state index contributed by atoms with van der Waals surface area (Å²) in [5, 5.41) is 7.59. The molecule has 0 bridgehead atoms. The number of aryl methyl sites for hydroxylation is 1. The monoisotopic (exact) mass is 385 g/mol. The summed E-state index contributed by atoms with van der Waals surface area (Å²) in [6, 6.07) is 7.06. The zero-order valence-electron chi connectivity index (χ0n) is 15.1. The first-order valence-corrected chi connectivity index (χ1v) is 9.54. The average molecular weight is 385 g/mol. The van der Waals surface area contributed by atoms with Gasteiger partial charge in [0.15, 0.2) is 5.82 Å². The summed E-state index contributed by atoms with van der Waals surface area (Å²) in [5.74, 6) is 1.52. The van der Waals surface area contributed by atoms with Gasteiger partial charge in [0.1, 0.15) is 10.8 Å². The van der Waals surface area contributed by atoms with Crippen molar-refractivity contribution in [3.8, 4) is 17.2 Å². The number of benzene rings is 1. The number of carbonyl (C=O) groups is 1. The molecule has 8 heteroatoms. The predicted octanol–water partition coefficient (Wildman–Crippen LogP) is 3.83. The van der Waals surface area contributed by atoms with Crippen LogP contribution in [-0.4, -0.2) is 29.3 Å². The van der Waals surface area contributed by atoms with E-state index in [9.17, 15) is 4.79 Å². The zero-order chi connectivity index (χ0) is 18.8. The van der Waals surface area contributed by atoms with Gasteiger partial charge in [0.25, 0.3) is 11.8 Å². The molecular formula is C19H19N3O4S. The number of aromatic nitrogens is 2. The van der Waals surface area contributed by atoms with Crippen LogP contribution in [0.25, 0.3) is 11.5 Å². The Kier molecular flexibility index (Phi) is 4.91. The number of hydrogen-bond acceptors (Lipinski definition) is 7. The Hall–Kier alpha value is -2.71. The fourth-order valence-electron chi connectivity index (χ4n) is 2.99. The Labute approximate surface area is 160 Å². The topological polar surface area (TPSA) is 86.5 Å². The highest BCUT2D eigenvalue weighted by Crippen LogP contribution is 2.42.